The Labute approximate surface area is 193 Å². The van der Waals surface area contributed by atoms with E-state index in [-0.39, 0.29) is 30.2 Å². The number of rotatable bonds is 5. The van der Waals surface area contributed by atoms with Crippen LogP contribution in [-0.2, 0) is 17.8 Å². The lowest BCUT2D eigenvalue weighted by molar-refractivity contribution is -0.139. The zero-order valence-corrected chi connectivity index (χ0v) is 18.6. The SMILES string of the molecule is Cc1ccc(CN2C(=O)CN(C(=O)c3cc4ccccc4o3)CC2Cc2ccccc2)cc1. The third-order valence-corrected chi connectivity index (χ3v) is 6.23. The second-order valence-corrected chi connectivity index (χ2v) is 8.68. The van der Waals surface area contributed by atoms with Crippen molar-refractivity contribution < 1.29 is 14.0 Å². The van der Waals surface area contributed by atoms with Crippen molar-refractivity contribution in [1.82, 2.24) is 9.80 Å². The Morgan fingerprint density at radius 1 is 0.939 bits per heavy atom. The van der Waals surface area contributed by atoms with Crippen LogP contribution >= 0.6 is 0 Å². The van der Waals surface area contributed by atoms with E-state index in [1.807, 2.05) is 47.4 Å². The lowest BCUT2D eigenvalue weighted by Crippen LogP contribution is -2.58. The molecule has 0 radical (unpaired) electrons. The first-order chi connectivity index (χ1) is 16.1. The van der Waals surface area contributed by atoms with E-state index in [1.54, 1.807) is 11.0 Å². The van der Waals surface area contributed by atoms with Crippen molar-refractivity contribution in [3.8, 4) is 0 Å². The molecule has 33 heavy (non-hydrogen) atoms. The van der Waals surface area contributed by atoms with Gasteiger partial charge in [-0.3, -0.25) is 9.59 Å². The summed E-state index contributed by atoms with van der Waals surface area (Å²) in [6, 6.07) is 27.6. The van der Waals surface area contributed by atoms with Crippen LogP contribution in [0.1, 0.15) is 27.2 Å². The summed E-state index contributed by atoms with van der Waals surface area (Å²) in [5.74, 6) is -0.0192. The predicted octanol–water partition coefficient (Wildman–Crippen LogP) is 4.84. The van der Waals surface area contributed by atoms with Crippen LogP contribution in [0.15, 0.2) is 89.3 Å². The Bertz CT molecular complexity index is 1240. The van der Waals surface area contributed by atoms with E-state index < -0.39 is 0 Å². The number of aryl methyl sites for hydroxylation is 1. The van der Waals surface area contributed by atoms with Gasteiger partial charge in [-0.1, -0.05) is 78.4 Å². The van der Waals surface area contributed by atoms with E-state index in [1.165, 1.54) is 5.56 Å². The van der Waals surface area contributed by atoms with E-state index in [0.29, 0.717) is 25.1 Å². The number of nitrogens with zero attached hydrogens (tertiary/aromatic N) is 2. The van der Waals surface area contributed by atoms with Gasteiger partial charge in [0.2, 0.25) is 5.91 Å². The van der Waals surface area contributed by atoms with Crippen LogP contribution in [0.2, 0.25) is 0 Å². The van der Waals surface area contributed by atoms with Crippen molar-refractivity contribution >= 4 is 22.8 Å². The Kier molecular flexibility index (Phi) is 5.69. The number of carbonyl (C=O) groups excluding carboxylic acids is 2. The van der Waals surface area contributed by atoms with Gasteiger partial charge in [0, 0.05) is 18.5 Å². The lowest BCUT2D eigenvalue weighted by atomic mass is 10.0. The smallest absolute Gasteiger partial charge is 0.290 e. The van der Waals surface area contributed by atoms with Crippen molar-refractivity contribution in [1.29, 1.82) is 0 Å². The number of carbonyl (C=O) groups is 2. The van der Waals surface area contributed by atoms with Gasteiger partial charge >= 0.3 is 0 Å². The van der Waals surface area contributed by atoms with Crippen LogP contribution in [0, 0.1) is 6.92 Å². The van der Waals surface area contributed by atoms with E-state index >= 15 is 0 Å². The highest BCUT2D eigenvalue weighted by Gasteiger charge is 2.36. The zero-order chi connectivity index (χ0) is 22.8. The van der Waals surface area contributed by atoms with Crippen LogP contribution in [0.25, 0.3) is 11.0 Å². The third kappa shape index (κ3) is 4.53. The predicted molar refractivity (Wildman–Crippen MR) is 128 cm³/mol. The molecule has 5 heteroatoms. The van der Waals surface area contributed by atoms with Crippen molar-refractivity contribution in [3.63, 3.8) is 0 Å². The molecule has 1 aliphatic rings. The molecule has 5 nitrogen and oxygen atoms in total. The Morgan fingerprint density at radius 3 is 2.42 bits per heavy atom. The average molecular weight is 439 g/mol. The summed E-state index contributed by atoms with van der Waals surface area (Å²) in [4.78, 5) is 30.1. The maximum atomic E-state index is 13.3. The summed E-state index contributed by atoms with van der Waals surface area (Å²) in [6.07, 6.45) is 0.683. The summed E-state index contributed by atoms with van der Waals surface area (Å²) in [5, 5.41) is 0.881. The van der Waals surface area contributed by atoms with Crippen molar-refractivity contribution in [2.24, 2.45) is 0 Å². The Hall–Kier alpha value is -3.86. The highest BCUT2D eigenvalue weighted by Crippen LogP contribution is 2.24. The van der Waals surface area contributed by atoms with Gasteiger partial charge in [0.1, 0.15) is 12.1 Å². The minimum Gasteiger partial charge on any atom is -0.451 e. The van der Waals surface area contributed by atoms with E-state index in [9.17, 15) is 9.59 Å². The number of hydrogen-bond donors (Lipinski definition) is 0. The van der Waals surface area contributed by atoms with E-state index in [4.69, 9.17) is 4.42 Å². The molecule has 0 saturated carbocycles. The van der Waals surface area contributed by atoms with Gasteiger partial charge in [-0.15, -0.1) is 0 Å². The van der Waals surface area contributed by atoms with Crippen molar-refractivity contribution in [2.45, 2.75) is 25.9 Å². The number of fused-ring (bicyclic) bond motifs is 1. The van der Waals surface area contributed by atoms with Crippen LogP contribution < -0.4 is 0 Å². The molecule has 1 aromatic heterocycles. The fraction of sp³-hybridized carbons (Fsp3) is 0.214. The molecule has 4 aromatic rings. The zero-order valence-electron chi connectivity index (χ0n) is 18.6. The van der Waals surface area contributed by atoms with Crippen molar-refractivity contribution in [3.05, 3.63) is 107 Å². The molecule has 2 amide bonds. The third-order valence-electron chi connectivity index (χ3n) is 6.23. The van der Waals surface area contributed by atoms with Gasteiger partial charge < -0.3 is 14.2 Å². The van der Waals surface area contributed by atoms with E-state index in [0.717, 1.165) is 16.5 Å². The van der Waals surface area contributed by atoms with E-state index in [2.05, 4.69) is 43.3 Å². The highest BCUT2D eigenvalue weighted by atomic mass is 16.3. The molecule has 1 unspecified atom stereocenters. The number of piperazine rings is 1. The molecule has 0 N–H and O–H groups in total. The second-order valence-electron chi connectivity index (χ2n) is 8.68. The van der Waals surface area contributed by atoms with Gasteiger partial charge in [0.25, 0.3) is 5.91 Å². The number of benzene rings is 3. The molecule has 5 rings (SSSR count). The maximum absolute atomic E-state index is 13.3. The average Bonchev–Trinajstić information content (AvgIpc) is 3.27. The van der Waals surface area contributed by atoms with Gasteiger partial charge in [-0.25, -0.2) is 0 Å². The molecule has 1 fully saturated rings. The molecule has 0 spiro atoms. The first-order valence-corrected chi connectivity index (χ1v) is 11.2. The first-order valence-electron chi connectivity index (χ1n) is 11.2. The minimum absolute atomic E-state index is 0.0486. The molecular weight excluding hydrogens is 412 g/mol. The van der Waals surface area contributed by atoms with Gasteiger partial charge in [-0.05, 0) is 36.6 Å². The largest absolute Gasteiger partial charge is 0.451 e. The standard InChI is InChI=1S/C28H26N2O3/c1-20-11-13-22(14-12-20)17-30-24(15-21-7-3-2-4-8-21)18-29(19-27(30)31)28(32)26-16-23-9-5-6-10-25(23)33-26/h2-14,16,24H,15,17-19H2,1H3. The Balaban J connectivity index is 1.41. The van der Waals surface area contributed by atoms with Crippen LogP contribution in [0.3, 0.4) is 0 Å². The summed E-state index contributed by atoms with van der Waals surface area (Å²) in [7, 11) is 0. The van der Waals surface area contributed by atoms with Gasteiger partial charge in [0.05, 0.1) is 6.04 Å². The quantitative estimate of drug-likeness (QED) is 0.448. The van der Waals surface area contributed by atoms with Crippen molar-refractivity contribution in [2.75, 3.05) is 13.1 Å². The summed E-state index contributed by atoms with van der Waals surface area (Å²) in [6.45, 7) is 3.09. The number of amides is 2. The molecule has 166 valence electrons. The van der Waals surface area contributed by atoms with Crippen LogP contribution in [0.4, 0.5) is 0 Å². The molecule has 3 aromatic carbocycles. The topological polar surface area (TPSA) is 53.8 Å². The second kappa shape index (κ2) is 8.94. The summed E-state index contributed by atoms with van der Waals surface area (Å²) in [5.41, 5.74) is 4.09. The highest BCUT2D eigenvalue weighted by molar-refractivity contribution is 5.98. The maximum Gasteiger partial charge on any atom is 0.290 e. The number of furan rings is 1. The molecular formula is C28H26N2O3. The molecule has 0 aliphatic carbocycles. The molecule has 2 heterocycles. The molecule has 1 atom stereocenters. The summed E-state index contributed by atoms with van der Waals surface area (Å²) >= 11 is 0. The fourth-order valence-electron chi connectivity index (χ4n) is 4.44. The van der Waals surface area contributed by atoms with Crippen LogP contribution in [0.5, 0.6) is 0 Å². The summed E-state index contributed by atoms with van der Waals surface area (Å²) < 4.78 is 5.79. The minimum atomic E-state index is -0.243. The fourth-order valence-corrected chi connectivity index (χ4v) is 4.44. The monoisotopic (exact) mass is 438 g/mol. The van der Waals surface area contributed by atoms with Crippen LogP contribution in [-0.4, -0.2) is 40.7 Å². The molecule has 0 bridgehead atoms. The number of para-hydroxylation sites is 1. The molecule has 1 saturated heterocycles. The normalized spacial score (nSPS) is 16.4. The van der Waals surface area contributed by atoms with Gasteiger partial charge in [0.15, 0.2) is 5.76 Å². The lowest BCUT2D eigenvalue weighted by Gasteiger charge is -2.41. The molecule has 1 aliphatic heterocycles. The Morgan fingerprint density at radius 2 is 1.67 bits per heavy atom. The van der Waals surface area contributed by atoms with Gasteiger partial charge in [-0.2, -0.15) is 0 Å². The first kappa shape index (κ1) is 21.0. The number of hydrogen-bond acceptors (Lipinski definition) is 3.